The lowest BCUT2D eigenvalue weighted by Crippen LogP contribution is -2.62. The highest BCUT2D eigenvalue weighted by molar-refractivity contribution is 4.85. The van der Waals surface area contributed by atoms with Gasteiger partial charge in [0.1, 0.15) is 0 Å². The number of nitrogens with one attached hydrogen (secondary N) is 1. The van der Waals surface area contributed by atoms with Crippen LogP contribution in [-0.2, 0) is 0 Å². The highest BCUT2D eigenvalue weighted by Crippen LogP contribution is 2.19. The topological polar surface area (TPSA) is 41.3 Å². The fraction of sp³-hybridized carbons (Fsp3) is 1.00. The molecule has 2 atom stereocenters. The SMILES string of the molecule is CCC(N)NC(C)(C(C)C)N(C)C. The number of nitrogens with two attached hydrogens (primary N) is 1. The molecule has 3 N–H and O–H groups in total. The Morgan fingerprint density at radius 3 is 2.08 bits per heavy atom. The summed E-state index contributed by atoms with van der Waals surface area (Å²) in [4.78, 5) is 2.19. The summed E-state index contributed by atoms with van der Waals surface area (Å²) < 4.78 is 0. The lowest BCUT2D eigenvalue weighted by Gasteiger charge is -2.43. The molecule has 0 aliphatic carbocycles. The number of hydrogen-bond acceptors (Lipinski definition) is 3. The predicted molar refractivity (Wildman–Crippen MR) is 58.3 cm³/mol. The Bertz CT molecular complexity index is 135. The van der Waals surface area contributed by atoms with Gasteiger partial charge in [-0.15, -0.1) is 0 Å². The first kappa shape index (κ1) is 12.9. The van der Waals surface area contributed by atoms with Gasteiger partial charge in [0.2, 0.25) is 0 Å². The van der Waals surface area contributed by atoms with E-state index in [-0.39, 0.29) is 11.8 Å². The smallest absolute Gasteiger partial charge is 0.0713 e. The molecule has 0 saturated carbocycles. The van der Waals surface area contributed by atoms with Crippen molar-refractivity contribution < 1.29 is 0 Å². The highest BCUT2D eigenvalue weighted by Gasteiger charge is 2.31. The fourth-order valence-electron chi connectivity index (χ4n) is 1.29. The normalized spacial score (nSPS) is 19.2. The molecule has 0 aromatic rings. The van der Waals surface area contributed by atoms with Gasteiger partial charge in [-0.1, -0.05) is 20.8 Å². The molecule has 0 aliphatic rings. The highest BCUT2D eigenvalue weighted by atomic mass is 15.3. The third-order valence-electron chi connectivity index (χ3n) is 2.97. The third-order valence-corrected chi connectivity index (χ3v) is 2.97. The molecule has 3 heteroatoms. The second-order valence-corrected chi connectivity index (χ2v) is 4.36. The molecule has 0 radical (unpaired) electrons. The Balaban J connectivity index is 4.42. The zero-order valence-electron chi connectivity index (χ0n) is 9.89. The Hall–Kier alpha value is -0.120. The van der Waals surface area contributed by atoms with E-state index in [4.69, 9.17) is 5.73 Å². The van der Waals surface area contributed by atoms with Crippen molar-refractivity contribution >= 4 is 0 Å². The van der Waals surface area contributed by atoms with Crippen molar-refractivity contribution in [3.05, 3.63) is 0 Å². The Morgan fingerprint density at radius 1 is 1.38 bits per heavy atom. The van der Waals surface area contributed by atoms with E-state index in [0.29, 0.717) is 5.92 Å². The van der Waals surface area contributed by atoms with Gasteiger partial charge >= 0.3 is 0 Å². The molecule has 0 amide bonds. The fourth-order valence-corrected chi connectivity index (χ4v) is 1.29. The first-order valence-electron chi connectivity index (χ1n) is 5.05. The van der Waals surface area contributed by atoms with Gasteiger partial charge in [0.25, 0.3) is 0 Å². The van der Waals surface area contributed by atoms with E-state index in [0.717, 1.165) is 6.42 Å². The second kappa shape index (κ2) is 4.94. The summed E-state index contributed by atoms with van der Waals surface area (Å²) in [5.74, 6) is 0.528. The van der Waals surface area contributed by atoms with Gasteiger partial charge in [-0.2, -0.15) is 0 Å². The van der Waals surface area contributed by atoms with Crippen LogP contribution in [0, 0.1) is 5.92 Å². The molecular weight excluding hydrogens is 162 g/mol. The van der Waals surface area contributed by atoms with Crippen LogP contribution in [0.4, 0.5) is 0 Å². The van der Waals surface area contributed by atoms with Crippen LogP contribution < -0.4 is 11.1 Å². The maximum Gasteiger partial charge on any atom is 0.0713 e. The monoisotopic (exact) mass is 187 g/mol. The molecule has 0 bridgehead atoms. The molecule has 0 aromatic carbocycles. The van der Waals surface area contributed by atoms with Gasteiger partial charge in [0, 0.05) is 0 Å². The largest absolute Gasteiger partial charge is 0.316 e. The summed E-state index contributed by atoms with van der Waals surface area (Å²) in [7, 11) is 4.16. The summed E-state index contributed by atoms with van der Waals surface area (Å²) in [6.07, 6.45) is 1.03. The van der Waals surface area contributed by atoms with E-state index in [1.54, 1.807) is 0 Å². The van der Waals surface area contributed by atoms with Crippen LogP contribution in [0.3, 0.4) is 0 Å². The van der Waals surface area contributed by atoms with Crippen LogP contribution in [-0.4, -0.2) is 30.8 Å². The number of nitrogens with zero attached hydrogens (tertiary/aromatic N) is 1. The summed E-state index contributed by atoms with van der Waals surface area (Å²) in [6.45, 7) is 8.69. The van der Waals surface area contributed by atoms with Crippen LogP contribution in [0.5, 0.6) is 0 Å². The molecule has 0 spiro atoms. The van der Waals surface area contributed by atoms with Crippen molar-refractivity contribution in [2.45, 2.75) is 45.9 Å². The van der Waals surface area contributed by atoms with Gasteiger partial charge in [0.15, 0.2) is 0 Å². The number of hydrogen-bond donors (Lipinski definition) is 2. The second-order valence-electron chi connectivity index (χ2n) is 4.36. The van der Waals surface area contributed by atoms with Crippen molar-refractivity contribution in [1.29, 1.82) is 0 Å². The van der Waals surface area contributed by atoms with E-state index in [1.165, 1.54) is 0 Å². The van der Waals surface area contributed by atoms with Gasteiger partial charge in [0.05, 0.1) is 11.8 Å². The molecule has 0 aliphatic heterocycles. The molecule has 13 heavy (non-hydrogen) atoms. The van der Waals surface area contributed by atoms with Gasteiger partial charge in [-0.05, 0) is 33.4 Å². The molecule has 80 valence electrons. The molecule has 0 saturated heterocycles. The van der Waals surface area contributed by atoms with E-state index in [1.807, 2.05) is 0 Å². The first-order chi connectivity index (χ1) is 5.84. The van der Waals surface area contributed by atoms with Crippen molar-refractivity contribution in [3.63, 3.8) is 0 Å². The lowest BCUT2D eigenvalue weighted by atomic mass is 9.96. The van der Waals surface area contributed by atoms with E-state index in [2.05, 4.69) is 52.0 Å². The Kier molecular flexibility index (Phi) is 4.89. The summed E-state index contributed by atoms with van der Waals surface area (Å²) in [5.41, 5.74) is 5.88. The molecule has 0 aromatic heterocycles. The van der Waals surface area contributed by atoms with Crippen molar-refractivity contribution in [2.75, 3.05) is 14.1 Å². The Labute approximate surface area is 82.7 Å². The summed E-state index contributed by atoms with van der Waals surface area (Å²) in [6, 6.07) is 0. The molecule has 0 rings (SSSR count). The maximum absolute atomic E-state index is 5.90. The average Bonchev–Trinajstić information content (AvgIpc) is 2.03. The minimum atomic E-state index is -0.0184. The summed E-state index contributed by atoms with van der Waals surface area (Å²) in [5, 5.41) is 3.45. The van der Waals surface area contributed by atoms with Crippen LogP contribution >= 0.6 is 0 Å². The molecule has 0 heterocycles. The lowest BCUT2D eigenvalue weighted by molar-refractivity contribution is 0.0617. The minimum Gasteiger partial charge on any atom is -0.316 e. The standard InChI is InChI=1S/C10H25N3/c1-7-9(11)12-10(4,8(2)3)13(5)6/h8-9,12H,7,11H2,1-6H3. The van der Waals surface area contributed by atoms with Crippen molar-refractivity contribution in [2.24, 2.45) is 11.7 Å². The third kappa shape index (κ3) is 3.25. The molecular formula is C10H25N3. The van der Waals surface area contributed by atoms with Crippen LogP contribution in [0.25, 0.3) is 0 Å². The minimum absolute atomic E-state index is 0.0184. The predicted octanol–water partition coefficient (Wildman–Crippen LogP) is 1.20. The van der Waals surface area contributed by atoms with Gasteiger partial charge in [-0.25, -0.2) is 0 Å². The van der Waals surface area contributed by atoms with Crippen molar-refractivity contribution in [3.8, 4) is 0 Å². The first-order valence-corrected chi connectivity index (χ1v) is 5.05. The van der Waals surface area contributed by atoms with Crippen molar-refractivity contribution in [1.82, 2.24) is 10.2 Å². The van der Waals surface area contributed by atoms with Crippen LogP contribution in [0.2, 0.25) is 0 Å². The van der Waals surface area contributed by atoms with Crippen LogP contribution in [0.15, 0.2) is 0 Å². The Morgan fingerprint density at radius 2 is 1.85 bits per heavy atom. The van der Waals surface area contributed by atoms with Gasteiger partial charge in [-0.3, -0.25) is 10.2 Å². The molecule has 2 unspecified atom stereocenters. The van der Waals surface area contributed by atoms with Gasteiger partial charge < -0.3 is 5.73 Å². The zero-order chi connectivity index (χ0) is 10.6. The molecule has 3 nitrogen and oxygen atoms in total. The quantitative estimate of drug-likeness (QED) is 0.636. The van der Waals surface area contributed by atoms with E-state index in [9.17, 15) is 0 Å². The van der Waals surface area contributed by atoms with E-state index < -0.39 is 0 Å². The number of rotatable bonds is 5. The zero-order valence-corrected chi connectivity index (χ0v) is 9.89. The molecule has 0 fully saturated rings. The van der Waals surface area contributed by atoms with Crippen LogP contribution in [0.1, 0.15) is 34.1 Å². The average molecular weight is 187 g/mol. The van der Waals surface area contributed by atoms with E-state index >= 15 is 0 Å². The maximum atomic E-state index is 5.90. The summed E-state index contributed by atoms with van der Waals surface area (Å²) >= 11 is 0.